The third-order valence-electron chi connectivity index (χ3n) is 3.94. The average Bonchev–Trinajstić information content (AvgIpc) is 3.17. The molecule has 3 amide bonds. The second kappa shape index (κ2) is 8.02. The molecule has 7 heteroatoms. The number of amides is 3. The van der Waals surface area contributed by atoms with Crippen LogP contribution in [0.1, 0.15) is 16.1 Å². The smallest absolute Gasteiger partial charge is 0.321 e. The Morgan fingerprint density at radius 1 is 1.04 bits per heavy atom. The zero-order valence-electron chi connectivity index (χ0n) is 13.5. The zero-order valence-corrected chi connectivity index (χ0v) is 15.1. The fourth-order valence-electron chi connectivity index (χ4n) is 2.54. The van der Waals surface area contributed by atoms with Crippen molar-refractivity contribution in [3.05, 3.63) is 64.7 Å². The quantitative estimate of drug-likeness (QED) is 0.855. The van der Waals surface area contributed by atoms with Gasteiger partial charge < -0.3 is 19.5 Å². The van der Waals surface area contributed by atoms with Crippen molar-refractivity contribution in [1.82, 2.24) is 15.1 Å². The summed E-state index contributed by atoms with van der Waals surface area (Å²) in [7, 11) is 0. The largest absolute Gasteiger partial charge is 0.459 e. The van der Waals surface area contributed by atoms with Crippen LogP contribution in [0.15, 0.2) is 57.8 Å². The Labute approximate surface area is 154 Å². The number of halogens is 1. The fraction of sp³-hybridized carbons (Fsp3) is 0.222. The number of hydrogen-bond acceptors (Lipinski definition) is 3. The maximum absolute atomic E-state index is 12.2. The summed E-state index contributed by atoms with van der Waals surface area (Å²) >= 11 is 3.38. The average molecular weight is 404 g/mol. The molecular weight excluding hydrogens is 386 g/mol. The molecule has 1 saturated heterocycles. The molecule has 0 unspecified atom stereocenters. The molecule has 1 aliphatic rings. The number of carbonyl (C=O) groups is 2. The molecule has 3 rings (SSSR count). The molecule has 0 bridgehead atoms. The lowest BCUT2D eigenvalue weighted by molar-refractivity contribution is 0.0636. The van der Waals surface area contributed by atoms with Gasteiger partial charge in [0.2, 0.25) is 0 Å². The van der Waals surface area contributed by atoms with Crippen LogP contribution in [0.3, 0.4) is 0 Å². The monoisotopic (exact) mass is 403 g/mol. The normalized spacial score (nSPS) is 14.8. The molecule has 1 fully saturated rings. The van der Waals surface area contributed by atoms with E-state index in [9.17, 15) is 9.59 Å². The van der Waals surface area contributed by atoms with Crippen molar-refractivity contribution in [2.45, 2.75) is 0 Å². The van der Waals surface area contributed by atoms with Crippen molar-refractivity contribution >= 4 is 33.9 Å². The Morgan fingerprint density at radius 3 is 2.36 bits per heavy atom. The maximum atomic E-state index is 12.2. The topological polar surface area (TPSA) is 65.8 Å². The van der Waals surface area contributed by atoms with Crippen LogP contribution in [0.25, 0.3) is 6.08 Å². The number of rotatable bonds is 3. The van der Waals surface area contributed by atoms with Gasteiger partial charge >= 0.3 is 6.03 Å². The van der Waals surface area contributed by atoms with Gasteiger partial charge in [-0.2, -0.15) is 0 Å². The van der Waals surface area contributed by atoms with Gasteiger partial charge in [-0.3, -0.25) is 4.79 Å². The van der Waals surface area contributed by atoms with Crippen molar-refractivity contribution in [3.8, 4) is 0 Å². The van der Waals surface area contributed by atoms with Crippen molar-refractivity contribution in [2.75, 3.05) is 26.2 Å². The summed E-state index contributed by atoms with van der Waals surface area (Å²) < 4.78 is 6.14. The lowest BCUT2D eigenvalue weighted by Gasteiger charge is -2.34. The van der Waals surface area contributed by atoms with E-state index in [1.807, 2.05) is 30.3 Å². The SMILES string of the molecule is O=C(N/C=C/c1ccc(Br)cc1)N1CCN(C(=O)c2ccco2)CC1. The highest BCUT2D eigenvalue weighted by Gasteiger charge is 2.25. The predicted octanol–water partition coefficient (Wildman–Crippen LogP) is 3.18. The van der Waals surface area contributed by atoms with Crippen LogP contribution >= 0.6 is 15.9 Å². The van der Waals surface area contributed by atoms with Gasteiger partial charge in [-0.25, -0.2) is 4.79 Å². The Hall–Kier alpha value is -2.54. The molecule has 0 saturated carbocycles. The first-order valence-corrected chi connectivity index (χ1v) is 8.73. The summed E-state index contributed by atoms with van der Waals surface area (Å²) in [5.41, 5.74) is 0.998. The zero-order chi connectivity index (χ0) is 17.6. The Morgan fingerprint density at radius 2 is 1.72 bits per heavy atom. The number of urea groups is 1. The standard InChI is InChI=1S/C18H18BrN3O3/c19-15-5-3-14(4-6-15)7-8-20-18(24)22-11-9-21(10-12-22)17(23)16-2-1-13-25-16/h1-8,13H,9-12H2,(H,20,24)/b8-7+. The highest BCUT2D eigenvalue weighted by molar-refractivity contribution is 9.10. The van der Waals surface area contributed by atoms with E-state index in [1.54, 1.807) is 28.1 Å². The molecule has 2 aromatic rings. The molecule has 0 radical (unpaired) electrons. The summed E-state index contributed by atoms with van der Waals surface area (Å²) in [5.74, 6) is 0.190. The van der Waals surface area contributed by atoms with E-state index in [0.29, 0.717) is 31.9 Å². The number of carbonyl (C=O) groups excluding carboxylic acids is 2. The van der Waals surface area contributed by atoms with Crippen LogP contribution in [0.2, 0.25) is 0 Å². The molecule has 1 N–H and O–H groups in total. The second-order valence-corrected chi connectivity index (χ2v) is 6.51. The molecule has 1 aromatic carbocycles. The Bertz CT molecular complexity index is 748. The van der Waals surface area contributed by atoms with Crippen molar-refractivity contribution < 1.29 is 14.0 Å². The minimum Gasteiger partial charge on any atom is -0.459 e. The van der Waals surface area contributed by atoms with E-state index in [1.165, 1.54) is 6.26 Å². The highest BCUT2D eigenvalue weighted by Crippen LogP contribution is 2.12. The molecule has 0 spiro atoms. The molecule has 2 heterocycles. The van der Waals surface area contributed by atoms with Gasteiger partial charge in [0.1, 0.15) is 0 Å². The number of piperazine rings is 1. The van der Waals surface area contributed by atoms with Crippen LogP contribution in [-0.2, 0) is 0 Å². The number of nitrogens with zero attached hydrogens (tertiary/aromatic N) is 2. The molecule has 130 valence electrons. The molecule has 25 heavy (non-hydrogen) atoms. The Balaban J connectivity index is 1.46. The van der Waals surface area contributed by atoms with Crippen LogP contribution in [0.5, 0.6) is 0 Å². The molecular formula is C18H18BrN3O3. The van der Waals surface area contributed by atoms with Crippen LogP contribution in [-0.4, -0.2) is 47.9 Å². The van der Waals surface area contributed by atoms with Crippen LogP contribution < -0.4 is 5.32 Å². The van der Waals surface area contributed by atoms with E-state index in [4.69, 9.17) is 4.42 Å². The highest BCUT2D eigenvalue weighted by atomic mass is 79.9. The minimum absolute atomic E-state index is 0.139. The van der Waals surface area contributed by atoms with Crippen LogP contribution in [0, 0.1) is 0 Å². The third-order valence-corrected chi connectivity index (χ3v) is 4.47. The van der Waals surface area contributed by atoms with Gasteiger partial charge in [-0.05, 0) is 35.9 Å². The Kier molecular flexibility index (Phi) is 5.55. The molecule has 0 atom stereocenters. The maximum Gasteiger partial charge on any atom is 0.321 e. The third kappa shape index (κ3) is 4.51. The van der Waals surface area contributed by atoms with E-state index in [0.717, 1.165) is 10.0 Å². The molecule has 6 nitrogen and oxygen atoms in total. The molecule has 1 aromatic heterocycles. The summed E-state index contributed by atoms with van der Waals surface area (Å²) in [4.78, 5) is 27.8. The summed E-state index contributed by atoms with van der Waals surface area (Å²) in [6, 6.07) is 11.0. The summed E-state index contributed by atoms with van der Waals surface area (Å²) in [5, 5.41) is 2.76. The number of hydrogen-bond donors (Lipinski definition) is 1. The molecule has 0 aliphatic carbocycles. The van der Waals surface area contributed by atoms with Crippen molar-refractivity contribution in [3.63, 3.8) is 0 Å². The van der Waals surface area contributed by atoms with Gasteiger partial charge in [0.25, 0.3) is 5.91 Å². The van der Waals surface area contributed by atoms with Gasteiger partial charge in [-0.15, -0.1) is 0 Å². The van der Waals surface area contributed by atoms with E-state index in [2.05, 4.69) is 21.2 Å². The second-order valence-electron chi connectivity index (χ2n) is 5.59. The first-order chi connectivity index (χ1) is 12.1. The summed E-state index contributed by atoms with van der Waals surface area (Å²) in [6.07, 6.45) is 4.95. The number of benzene rings is 1. The van der Waals surface area contributed by atoms with Crippen molar-refractivity contribution in [1.29, 1.82) is 0 Å². The van der Waals surface area contributed by atoms with Gasteiger partial charge in [0.05, 0.1) is 6.26 Å². The summed E-state index contributed by atoms with van der Waals surface area (Å²) in [6.45, 7) is 1.96. The lowest BCUT2D eigenvalue weighted by atomic mass is 10.2. The van der Waals surface area contributed by atoms with E-state index < -0.39 is 0 Å². The first-order valence-electron chi connectivity index (χ1n) is 7.94. The predicted molar refractivity (Wildman–Crippen MR) is 97.9 cm³/mol. The van der Waals surface area contributed by atoms with Gasteiger partial charge in [0, 0.05) is 36.9 Å². The van der Waals surface area contributed by atoms with Gasteiger partial charge in [-0.1, -0.05) is 28.1 Å². The fourth-order valence-corrected chi connectivity index (χ4v) is 2.81. The van der Waals surface area contributed by atoms with Crippen LogP contribution in [0.4, 0.5) is 4.79 Å². The first kappa shape index (κ1) is 17.3. The van der Waals surface area contributed by atoms with Gasteiger partial charge in [0.15, 0.2) is 5.76 Å². The van der Waals surface area contributed by atoms with Crippen molar-refractivity contribution in [2.24, 2.45) is 0 Å². The molecule has 1 aliphatic heterocycles. The van der Waals surface area contributed by atoms with E-state index >= 15 is 0 Å². The number of furan rings is 1. The minimum atomic E-state index is -0.168. The van der Waals surface area contributed by atoms with E-state index in [-0.39, 0.29) is 11.9 Å². The lowest BCUT2D eigenvalue weighted by Crippen LogP contribution is -2.52. The number of nitrogens with one attached hydrogen (secondary N) is 1.